The first-order valence-electron chi connectivity index (χ1n) is 7.43. The second kappa shape index (κ2) is 8.47. The lowest BCUT2D eigenvalue weighted by Gasteiger charge is -2.28. The van der Waals surface area contributed by atoms with E-state index in [9.17, 15) is 9.59 Å². The van der Waals surface area contributed by atoms with Gasteiger partial charge in [-0.25, -0.2) is 9.59 Å². The zero-order valence-corrected chi connectivity index (χ0v) is 15.0. The van der Waals surface area contributed by atoms with E-state index in [2.05, 4.69) is 17.8 Å². The number of hydrogen-bond donors (Lipinski definition) is 1. The van der Waals surface area contributed by atoms with E-state index in [0.717, 1.165) is 0 Å². The standard InChI is InChI=1S/C17H28N2O4/c1-9-10-11-19(15(21)23-17(6,7)8)12-13(2)18-14(20)22-16(3,4)5/h1H,2,10-12H2,3-8H3,(H,18,20). The summed E-state index contributed by atoms with van der Waals surface area (Å²) in [5.41, 5.74) is -0.911. The van der Waals surface area contributed by atoms with Gasteiger partial charge in [0.2, 0.25) is 0 Å². The molecule has 0 aromatic heterocycles. The van der Waals surface area contributed by atoms with E-state index in [1.165, 1.54) is 4.90 Å². The molecule has 1 N–H and O–H groups in total. The van der Waals surface area contributed by atoms with Gasteiger partial charge in [-0.2, -0.15) is 0 Å². The number of alkyl carbamates (subject to hydrolysis) is 1. The van der Waals surface area contributed by atoms with E-state index in [1.54, 1.807) is 41.5 Å². The molecule has 0 aliphatic heterocycles. The molecule has 0 radical (unpaired) electrons. The third-order valence-corrected chi connectivity index (χ3v) is 2.24. The van der Waals surface area contributed by atoms with Crippen molar-refractivity contribution in [3.63, 3.8) is 0 Å². The molecule has 23 heavy (non-hydrogen) atoms. The molecule has 0 bridgehead atoms. The van der Waals surface area contributed by atoms with Gasteiger partial charge in [-0.1, -0.05) is 6.58 Å². The minimum Gasteiger partial charge on any atom is -0.444 e. The number of hydrogen-bond acceptors (Lipinski definition) is 4. The van der Waals surface area contributed by atoms with Crippen molar-refractivity contribution in [3.8, 4) is 12.3 Å². The lowest BCUT2D eigenvalue weighted by Crippen LogP contribution is -2.41. The molecule has 0 heterocycles. The van der Waals surface area contributed by atoms with Gasteiger partial charge in [0, 0.05) is 18.7 Å². The van der Waals surface area contributed by atoms with Crippen LogP contribution in [0.5, 0.6) is 0 Å². The van der Waals surface area contributed by atoms with Crippen molar-refractivity contribution in [1.82, 2.24) is 10.2 Å². The van der Waals surface area contributed by atoms with Gasteiger partial charge in [0.1, 0.15) is 11.2 Å². The van der Waals surface area contributed by atoms with E-state index in [4.69, 9.17) is 15.9 Å². The Morgan fingerprint density at radius 1 is 1.13 bits per heavy atom. The summed E-state index contributed by atoms with van der Waals surface area (Å²) in [6, 6.07) is 0. The van der Waals surface area contributed by atoms with E-state index < -0.39 is 23.4 Å². The summed E-state index contributed by atoms with van der Waals surface area (Å²) in [4.78, 5) is 25.3. The fourth-order valence-corrected chi connectivity index (χ4v) is 1.48. The Bertz CT molecular complexity index is 478. The highest BCUT2D eigenvalue weighted by Crippen LogP contribution is 2.11. The summed E-state index contributed by atoms with van der Waals surface area (Å²) >= 11 is 0. The fourth-order valence-electron chi connectivity index (χ4n) is 1.48. The van der Waals surface area contributed by atoms with Crippen LogP contribution in [0.4, 0.5) is 9.59 Å². The van der Waals surface area contributed by atoms with Crippen LogP contribution in [0, 0.1) is 12.3 Å². The highest BCUT2D eigenvalue weighted by molar-refractivity contribution is 5.71. The number of terminal acetylenes is 1. The molecule has 0 saturated carbocycles. The average molecular weight is 324 g/mol. The van der Waals surface area contributed by atoms with Gasteiger partial charge in [-0.3, -0.25) is 5.32 Å². The maximum atomic E-state index is 12.2. The van der Waals surface area contributed by atoms with Crippen LogP contribution in [-0.4, -0.2) is 41.4 Å². The molecule has 0 saturated heterocycles. The first-order chi connectivity index (χ1) is 10.3. The summed E-state index contributed by atoms with van der Waals surface area (Å²) in [5.74, 6) is 2.47. The second-order valence-corrected chi connectivity index (χ2v) is 7.09. The largest absolute Gasteiger partial charge is 0.444 e. The first kappa shape index (κ1) is 20.8. The molecule has 6 nitrogen and oxygen atoms in total. The number of rotatable bonds is 5. The van der Waals surface area contributed by atoms with Crippen molar-refractivity contribution in [1.29, 1.82) is 0 Å². The summed E-state index contributed by atoms with van der Waals surface area (Å²) in [6.45, 7) is 14.7. The summed E-state index contributed by atoms with van der Waals surface area (Å²) in [6.07, 6.45) is 4.48. The van der Waals surface area contributed by atoms with Crippen LogP contribution in [-0.2, 0) is 9.47 Å². The molecular weight excluding hydrogens is 296 g/mol. The summed E-state index contributed by atoms with van der Waals surface area (Å²) < 4.78 is 10.5. The molecule has 0 fully saturated rings. The molecular formula is C17H28N2O4. The number of carbonyl (C=O) groups is 2. The molecule has 0 unspecified atom stereocenters. The molecule has 0 rings (SSSR count). The maximum absolute atomic E-state index is 12.2. The van der Waals surface area contributed by atoms with Gasteiger partial charge in [0.25, 0.3) is 0 Å². The third-order valence-electron chi connectivity index (χ3n) is 2.24. The van der Waals surface area contributed by atoms with Crippen LogP contribution in [0.2, 0.25) is 0 Å². The number of nitrogens with zero attached hydrogens (tertiary/aromatic N) is 1. The Kier molecular flexibility index (Phi) is 7.67. The van der Waals surface area contributed by atoms with Crippen molar-refractivity contribution < 1.29 is 19.1 Å². The number of carbonyl (C=O) groups excluding carboxylic acids is 2. The Balaban J connectivity index is 4.70. The SMILES string of the molecule is C#CCCN(CC(=C)NC(=O)OC(C)(C)C)C(=O)OC(C)(C)C. The minimum absolute atomic E-state index is 0.0931. The zero-order chi connectivity index (χ0) is 18.3. The van der Waals surface area contributed by atoms with Crippen molar-refractivity contribution in [2.45, 2.75) is 59.2 Å². The molecule has 0 atom stereocenters. The van der Waals surface area contributed by atoms with Crippen LogP contribution in [0.15, 0.2) is 12.3 Å². The van der Waals surface area contributed by atoms with Crippen LogP contribution >= 0.6 is 0 Å². The predicted octanol–water partition coefficient (Wildman–Crippen LogP) is 3.29. The number of amides is 2. The number of nitrogens with one attached hydrogen (secondary N) is 1. The van der Waals surface area contributed by atoms with Gasteiger partial charge in [0.15, 0.2) is 0 Å². The highest BCUT2D eigenvalue weighted by Gasteiger charge is 2.23. The lowest BCUT2D eigenvalue weighted by atomic mass is 10.2. The Labute approximate surface area is 139 Å². The molecule has 2 amide bonds. The molecule has 0 aliphatic carbocycles. The normalized spacial score (nSPS) is 11.2. The molecule has 0 aliphatic rings. The Morgan fingerprint density at radius 3 is 2.09 bits per heavy atom. The van der Waals surface area contributed by atoms with Gasteiger partial charge in [0.05, 0.1) is 6.54 Å². The summed E-state index contributed by atoms with van der Waals surface area (Å²) in [5, 5.41) is 2.50. The summed E-state index contributed by atoms with van der Waals surface area (Å²) in [7, 11) is 0. The predicted molar refractivity (Wildman–Crippen MR) is 89.8 cm³/mol. The van der Waals surface area contributed by atoms with E-state index in [-0.39, 0.29) is 6.54 Å². The quantitative estimate of drug-likeness (QED) is 0.788. The smallest absolute Gasteiger partial charge is 0.411 e. The third kappa shape index (κ3) is 11.1. The molecule has 0 spiro atoms. The number of ether oxygens (including phenoxy) is 2. The Hall–Kier alpha value is -2.16. The molecule has 6 heteroatoms. The van der Waals surface area contributed by atoms with Crippen molar-refractivity contribution in [3.05, 3.63) is 12.3 Å². The maximum Gasteiger partial charge on any atom is 0.411 e. The van der Waals surface area contributed by atoms with Crippen LogP contribution in [0.25, 0.3) is 0 Å². The van der Waals surface area contributed by atoms with Gasteiger partial charge < -0.3 is 14.4 Å². The zero-order valence-electron chi connectivity index (χ0n) is 15.0. The van der Waals surface area contributed by atoms with Crippen LogP contribution in [0.1, 0.15) is 48.0 Å². The highest BCUT2D eigenvalue weighted by atomic mass is 16.6. The van der Waals surface area contributed by atoms with Crippen LogP contribution in [0.3, 0.4) is 0 Å². The minimum atomic E-state index is -0.622. The molecule has 0 aromatic rings. The van der Waals surface area contributed by atoms with Gasteiger partial charge in [-0.05, 0) is 41.5 Å². The first-order valence-corrected chi connectivity index (χ1v) is 7.43. The van der Waals surface area contributed by atoms with Crippen molar-refractivity contribution in [2.24, 2.45) is 0 Å². The molecule has 0 aromatic carbocycles. The van der Waals surface area contributed by atoms with Gasteiger partial charge in [-0.15, -0.1) is 12.3 Å². The molecule has 130 valence electrons. The van der Waals surface area contributed by atoms with E-state index in [0.29, 0.717) is 18.7 Å². The van der Waals surface area contributed by atoms with Gasteiger partial charge >= 0.3 is 12.2 Å². The topological polar surface area (TPSA) is 67.9 Å². The van der Waals surface area contributed by atoms with Crippen molar-refractivity contribution >= 4 is 12.2 Å². The average Bonchev–Trinajstić information content (AvgIpc) is 2.29. The second-order valence-electron chi connectivity index (χ2n) is 7.09. The Morgan fingerprint density at radius 2 is 1.65 bits per heavy atom. The van der Waals surface area contributed by atoms with Crippen molar-refractivity contribution in [2.75, 3.05) is 13.1 Å². The lowest BCUT2D eigenvalue weighted by molar-refractivity contribution is 0.0261. The monoisotopic (exact) mass is 324 g/mol. The van der Waals surface area contributed by atoms with Crippen LogP contribution < -0.4 is 5.32 Å². The van der Waals surface area contributed by atoms with E-state index in [1.807, 2.05) is 0 Å². The fraction of sp³-hybridized carbons (Fsp3) is 0.647. The van der Waals surface area contributed by atoms with E-state index >= 15 is 0 Å².